The van der Waals surface area contributed by atoms with E-state index in [-0.39, 0.29) is 6.10 Å². The van der Waals surface area contributed by atoms with Crippen molar-refractivity contribution in [3.8, 4) is 0 Å². The number of nitrogen functional groups attached to an aromatic ring is 1. The van der Waals surface area contributed by atoms with Crippen LogP contribution in [-0.4, -0.2) is 17.1 Å². The summed E-state index contributed by atoms with van der Waals surface area (Å²) in [5.41, 5.74) is 3.74. The molecule has 0 amide bonds. The monoisotopic (exact) mass is 264 g/mol. The van der Waals surface area contributed by atoms with E-state index in [2.05, 4.69) is 24.3 Å². The van der Waals surface area contributed by atoms with Gasteiger partial charge in [-0.15, -0.1) is 0 Å². The highest BCUT2D eigenvalue weighted by Gasteiger charge is 2.23. The average Bonchev–Trinajstić information content (AvgIpc) is 2.92. The highest BCUT2D eigenvalue weighted by atomic mass is 16.5. The van der Waals surface area contributed by atoms with Crippen LogP contribution in [0.2, 0.25) is 0 Å². The van der Waals surface area contributed by atoms with Gasteiger partial charge in [-0.05, 0) is 18.8 Å². The van der Waals surface area contributed by atoms with Gasteiger partial charge in [-0.25, -0.2) is 15.8 Å². The molecule has 0 saturated heterocycles. The van der Waals surface area contributed by atoms with Crippen LogP contribution in [-0.2, 0) is 4.74 Å². The van der Waals surface area contributed by atoms with Gasteiger partial charge in [0.25, 0.3) is 0 Å². The standard InChI is InChI=1S/C14H24N4O/c1-9(2)13(19-3)14-16-11(8-12(17-14)18-15)10-6-4-5-7-10/h8-10,13H,4-7,15H2,1-3H3,(H,16,17,18). The molecule has 5 nitrogen and oxygen atoms in total. The van der Waals surface area contributed by atoms with E-state index in [1.807, 2.05) is 6.07 Å². The number of hydrazine groups is 1. The molecule has 19 heavy (non-hydrogen) atoms. The van der Waals surface area contributed by atoms with E-state index in [4.69, 9.17) is 15.6 Å². The number of hydrogen-bond donors (Lipinski definition) is 2. The van der Waals surface area contributed by atoms with Gasteiger partial charge in [0.1, 0.15) is 11.9 Å². The molecule has 1 aliphatic carbocycles. The number of rotatable bonds is 5. The topological polar surface area (TPSA) is 73.1 Å². The minimum absolute atomic E-state index is 0.0894. The van der Waals surface area contributed by atoms with Crippen molar-refractivity contribution >= 4 is 5.82 Å². The number of ether oxygens (including phenoxy) is 1. The predicted octanol–water partition coefficient (Wildman–Crippen LogP) is 2.76. The second-order valence-electron chi connectivity index (χ2n) is 5.56. The maximum absolute atomic E-state index is 5.52. The number of nitrogens with two attached hydrogens (primary N) is 1. The molecule has 2 rings (SSSR count). The SMILES string of the molecule is COC(c1nc(NN)cc(C2CCCC2)n1)C(C)C. The van der Waals surface area contributed by atoms with Crippen LogP contribution < -0.4 is 11.3 Å². The second-order valence-corrected chi connectivity index (χ2v) is 5.56. The first-order valence-electron chi connectivity index (χ1n) is 7.04. The zero-order chi connectivity index (χ0) is 13.8. The first kappa shape index (κ1) is 14.2. The molecule has 0 aromatic carbocycles. The van der Waals surface area contributed by atoms with Gasteiger partial charge in [0.05, 0.1) is 0 Å². The van der Waals surface area contributed by atoms with Crippen molar-refractivity contribution in [3.05, 3.63) is 17.6 Å². The highest BCUT2D eigenvalue weighted by Crippen LogP contribution is 2.34. The van der Waals surface area contributed by atoms with Gasteiger partial charge in [-0.3, -0.25) is 0 Å². The van der Waals surface area contributed by atoms with E-state index >= 15 is 0 Å². The van der Waals surface area contributed by atoms with Crippen molar-refractivity contribution in [2.45, 2.75) is 51.6 Å². The van der Waals surface area contributed by atoms with Crippen molar-refractivity contribution in [2.24, 2.45) is 11.8 Å². The molecular weight excluding hydrogens is 240 g/mol. The summed E-state index contributed by atoms with van der Waals surface area (Å²) in [4.78, 5) is 9.17. The third-order valence-electron chi connectivity index (χ3n) is 3.80. The number of aromatic nitrogens is 2. The molecule has 0 spiro atoms. The van der Waals surface area contributed by atoms with Gasteiger partial charge in [0.2, 0.25) is 0 Å². The van der Waals surface area contributed by atoms with Crippen molar-refractivity contribution < 1.29 is 4.74 Å². The lowest BCUT2D eigenvalue weighted by molar-refractivity contribution is 0.0573. The molecule has 3 N–H and O–H groups in total. The molecule has 1 aromatic rings. The van der Waals surface area contributed by atoms with E-state index in [1.165, 1.54) is 25.7 Å². The van der Waals surface area contributed by atoms with Gasteiger partial charge in [-0.2, -0.15) is 0 Å². The van der Waals surface area contributed by atoms with Gasteiger partial charge >= 0.3 is 0 Å². The Hall–Kier alpha value is -1.20. The average molecular weight is 264 g/mol. The molecule has 0 aliphatic heterocycles. The van der Waals surface area contributed by atoms with Crippen LogP contribution in [0.5, 0.6) is 0 Å². The molecule has 0 radical (unpaired) electrons. The maximum atomic E-state index is 5.52. The van der Waals surface area contributed by atoms with E-state index in [0.717, 1.165) is 11.5 Å². The van der Waals surface area contributed by atoms with E-state index < -0.39 is 0 Å². The summed E-state index contributed by atoms with van der Waals surface area (Å²) in [5, 5.41) is 0. The largest absolute Gasteiger partial charge is 0.373 e. The summed E-state index contributed by atoms with van der Waals surface area (Å²) in [6.07, 6.45) is 4.90. The zero-order valence-corrected chi connectivity index (χ0v) is 12.0. The highest BCUT2D eigenvalue weighted by molar-refractivity contribution is 5.36. The lowest BCUT2D eigenvalue weighted by atomic mass is 10.0. The number of anilines is 1. The molecule has 1 atom stereocenters. The van der Waals surface area contributed by atoms with Crippen molar-refractivity contribution in [1.29, 1.82) is 0 Å². The molecule has 1 saturated carbocycles. The molecule has 1 aromatic heterocycles. The fourth-order valence-electron chi connectivity index (χ4n) is 2.79. The fraction of sp³-hybridized carbons (Fsp3) is 0.714. The third-order valence-corrected chi connectivity index (χ3v) is 3.80. The third kappa shape index (κ3) is 3.22. The van der Waals surface area contributed by atoms with Crippen LogP contribution in [0.4, 0.5) is 5.82 Å². The van der Waals surface area contributed by atoms with Crippen LogP contribution in [0, 0.1) is 5.92 Å². The summed E-state index contributed by atoms with van der Waals surface area (Å²) in [7, 11) is 1.70. The Balaban J connectivity index is 2.34. The molecule has 1 fully saturated rings. The Morgan fingerprint density at radius 1 is 1.32 bits per heavy atom. The van der Waals surface area contributed by atoms with Crippen molar-refractivity contribution in [2.75, 3.05) is 12.5 Å². The smallest absolute Gasteiger partial charge is 0.160 e. The Kier molecular flexibility index (Phi) is 4.71. The fourth-order valence-corrected chi connectivity index (χ4v) is 2.79. The Bertz CT molecular complexity index is 416. The molecule has 5 heteroatoms. The summed E-state index contributed by atoms with van der Waals surface area (Å²) < 4.78 is 5.52. The minimum Gasteiger partial charge on any atom is -0.373 e. The Labute approximate surface area is 114 Å². The van der Waals surface area contributed by atoms with E-state index in [1.54, 1.807) is 7.11 Å². The lowest BCUT2D eigenvalue weighted by Gasteiger charge is -2.20. The zero-order valence-electron chi connectivity index (χ0n) is 12.0. The molecular formula is C14H24N4O. The predicted molar refractivity (Wildman–Crippen MR) is 75.6 cm³/mol. The van der Waals surface area contributed by atoms with Crippen LogP contribution in [0.15, 0.2) is 6.07 Å². The van der Waals surface area contributed by atoms with Gasteiger partial charge in [-0.1, -0.05) is 26.7 Å². The number of methoxy groups -OCH3 is 1. The molecule has 106 valence electrons. The normalized spacial score (nSPS) is 17.9. The number of hydrogen-bond acceptors (Lipinski definition) is 5. The van der Waals surface area contributed by atoms with Crippen LogP contribution in [0.3, 0.4) is 0 Å². The number of nitrogens with zero attached hydrogens (tertiary/aromatic N) is 2. The Morgan fingerprint density at radius 3 is 2.53 bits per heavy atom. The van der Waals surface area contributed by atoms with Crippen LogP contribution in [0.1, 0.15) is 63.1 Å². The second kappa shape index (κ2) is 6.30. The van der Waals surface area contributed by atoms with Crippen LogP contribution >= 0.6 is 0 Å². The lowest BCUT2D eigenvalue weighted by Crippen LogP contribution is -2.18. The summed E-state index contributed by atoms with van der Waals surface area (Å²) in [6, 6.07) is 1.96. The first-order chi connectivity index (χ1) is 9.15. The Morgan fingerprint density at radius 2 is 2.00 bits per heavy atom. The first-order valence-corrected chi connectivity index (χ1v) is 7.04. The van der Waals surface area contributed by atoms with Gasteiger partial charge in [0.15, 0.2) is 5.82 Å². The van der Waals surface area contributed by atoms with E-state index in [0.29, 0.717) is 17.7 Å². The van der Waals surface area contributed by atoms with E-state index in [9.17, 15) is 0 Å². The number of nitrogens with one attached hydrogen (secondary N) is 1. The van der Waals surface area contributed by atoms with Crippen molar-refractivity contribution in [3.63, 3.8) is 0 Å². The molecule has 1 aliphatic rings. The van der Waals surface area contributed by atoms with Crippen LogP contribution in [0.25, 0.3) is 0 Å². The molecule has 1 unspecified atom stereocenters. The summed E-state index contributed by atoms with van der Waals surface area (Å²) in [6.45, 7) is 4.21. The minimum atomic E-state index is -0.0894. The molecule has 0 bridgehead atoms. The maximum Gasteiger partial charge on any atom is 0.160 e. The molecule has 1 heterocycles. The quantitative estimate of drug-likeness (QED) is 0.632. The summed E-state index contributed by atoms with van der Waals surface area (Å²) >= 11 is 0. The van der Waals surface area contributed by atoms with Crippen molar-refractivity contribution in [1.82, 2.24) is 9.97 Å². The van der Waals surface area contributed by atoms with Gasteiger partial charge in [0, 0.05) is 24.8 Å². The van der Waals surface area contributed by atoms with Gasteiger partial charge < -0.3 is 10.2 Å². The summed E-state index contributed by atoms with van der Waals surface area (Å²) in [5.74, 6) is 7.80.